The highest BCUT2D eigenvalue weighted by molar-refractivity contribution is 6.10. The van der Waals surface area contributed by atoms with E-state index in [1.54, 1.807) is 37.3 Å². The van der Waals surface area contributed by atoms with E-state index in [0.717, 1.165) is 6.08 Å². The van der Waals surface area contributed by atoms with Crippen LogP contribution in [0.1, 0.15) is 37.3 Å². The van der Waals surface area contributed by atoms with E-state index >= 15 is 0 Å². The van der Waals surface area contributed by atoms with Gasteiger partial charge in [-0.2, -0.15) is 0 Å². The van der Waals surface area contributed by atoms with Crippen LogP contribution in [0, 0.1) is 0 Å². The van der Waals surface area contributed by atoms with Crippen LogP contribution in [-0.4, -0.2) is 31.4 Å². The van der Waals surface area contributed by atoms with E-state index in [1.165, 1.54) is 7.11 Å². The number of rotatable bonds is 8. The molecular weight excluding hydrogens is 308 g/mol. The van der Waals surface area contributed by atoms with Crippen LogP contribution in [-0.2, 0) is 23.9 Å². The molecule has 1 rings (SSSR count). The normalized spacial score (nSPS) is 12.2. The number of methoxy groups -OCH3 is 1. The molecular formula is C19H22O5. The van der Waals surface area contributed by atoms with Gasteiger partial charge in [-0.15, -0.1) is 0 Å². The van der Waals surface area contributed by atoms with Crippen molar-refractivity contribution in [3.8, 4) is 0 Å². The van der Waals surface area contributed by atoms with Gasteiger partial charge in [0.2, 0.25) is 0 Å². The summed E-state index contributed by atoms with van der Waals surface area (Å²) in [6, 6.07) is 6.87. The van der Waals surface area contributed by atoms with Gasteiger partial charge in [-0.3, -0.25) is 9.59 Å². The maximum absolute atomic E-state index is 12.1. The number of carbonyl (C=O) groups is 3. The van der Waals surface area contributed by atoms with Crippen LogP contribution in [0.25, 0.3) is 6.08 Å². The Morgan fingerprint density at radius 1 is 1.21 bits per heavy atom. The first-order valence-corrected chi connectivity index (χ1v) is 7.70. The third kappa shape index (κ3) is 4.65. The van der Waals surface area contributed by atoms with Gasteiger partial charge in [0.05, 0.1) is 13.7 Å². The van der Waals surface area contributed by atoms with Crippen LogP contribution >= 0.6 is 0 Å². The van der Waals surface area contributed by atoms with Crippen molar-refractivity contribution in [2.45, 2.75) is 26.2 Å². The minimum absolute atomic E-state index is 0.275. The second-order valence-corrected chi connectivity index (χ2v) is 4.94. The quantitative estimate of drug-likeness (QED) is 0.416. The predicted molar refractivity (Wildman–Crippen MR) is 91.3 cm³/mol. The molecule has 0 bridgehead atoms. The fourth-order valence-corrected chi connectivity index (χ4v) is 2.25. The van der Waals surface area contributed by atoms with Crippen molar-refractivity contribution < 1.29 is 23.9 Å². The largest absolute Gasteiger partial charge is 0.468 e. The molecule has 0 aliphatic rings. The Morgan fingerprint density at radius 3 is 2.42 bits per heavy atom. The Morgan fingerprint density at radius 2 is 1.88 bits per heavy atom. The number of ketones is 1. The minimum Gasteiger partial charge on any atom is -0.468 e. The molecule has 0 radical (unpaired) electrons. The number of allylic oxidation sites excluding steroid dienone is 1. The average molecular weight is 330 g/mol. The smallest absolute Gasteiger partial charge is 0.333 e. The SMILES string of the molecule is C=CC(=O)C(C(=O)OC)c1ccccc1C=C(CC)C(=O)OCC. The molecule has 1 atom stereocenters. The predicted octanol–water partition coefficient (Wildman–Crippen LogP) is 3.05. The first-order chi connectivity index (χ1) is 11.5. The monoisotopic (exact) mass is 330 g/mol. The van der Waals surface area contributed by atoms with Crippen LogP contribution in [0.15, 0.2) is 42.5 Å². The molecule has 0 fully saturated rings. The molecule has 0 aliphatic heterocycles. The van der Waals surface area contributed by atoms with E-state index in [1.807, 2.05) is 6.92 Å². The third-order valence-corrected chi connectivity index (χ3v) is 3.48. The van der Waals surface area contributed by atoms with E-state index in [9.17, 15) is 14.4 Å². The second-order valence-electron chi connectivity index (χ2n) is 4.94. The first-order valence-electron chi connectivity index (χ1n) is 7.70. The molecule has 0 amide bonds. The Kier molecular flexibility index (Phi) is 7.62. The van der Waals surface area contributed by atoms with E-state index < -0.39 is 23.6 Å². The molecule has 1 aromatic rings. The van der Waals surface area contributed by atoms with Gasteiger partial charge in [-0.25, -0.2) is 4.79 Å². The van der Waals surface area contributed by atoms with Gasteiger partial charge in [0, 0.05) is 5.57 Å². The van der Waals surface area contributed by atoms with Crippen LogP contribution in [0.2, 0.25) is 0 Å². The summed E-state index contributed by atoms with van der Waals surface area (Å²) in [6.07, 6.45) is 3.19. The molecule has 0 aromatic heterocycles. The van der Waals surface area contributed by atoms with Gasteiger partial charge < -0.3 is 9.47 Å². The summed E-state index contributed by atoms with van der Waals surface area (Å²) in [5.41, 5.74) is 1.51. The zero-order valence-electron chi connectivity index (χ0n) is 14.2. The molecule has 0 N–H and O–H groups in total. The zero-order chi connectivity index (χ0) is 18.1. The highest BCUT2D eigenvalue weighted by Crippen LogP contribution is 2.26. The molecule has 128 valence electrons. The lowest BCUT2D eigenvalue weighted by atomic mass is 9.89. The van der Waals surface area contributed by atoms with Crippen LogP contribution in [0.3, 0.4) is 0 Å². The van der Waals surface area contributed by atoms with E-state index in [2.05, 4.69) is 6.58 Å². The lowest BCUT2D eigenvalue weighted by Gasteiger charge is -2.15. The number of ether oxygens (including phenoxy) is 2. The van der Waals surface area contributed by atoms with Crippen molar-refractivity contribution in [1.82, 2.24) is 0 Å². The summed E-state index contributed by atoms with van der Waals surface area (Å²) >= 11 is 0. The Balaban J connectivity index is 3.41. The summed E-state index contributed by atoms with van der Waals surface area (Å²) < 4.78 is 9.76. The van der Waals surface area contributed by atoms with Crippen LogP contribution in [0.5, 0.6) is 0 Å². The van der Waals surface area contributed by atoms with Crippen molar-refractivity contribution in [1.29, 1.82) is 0 Å². The Bertz CT molecular complexity index is 657. The van der Waals surface area contributed by atoms with Crippen molar-refractivity contribution >= 4 is 23.8 Å². The Hall–Kier alpha value is -2.69. The lowest BCUT2D eigenvalue weighted by Crippen LogP contribution is -2.22. The zero-order valence-corrected chi connectivity index (χ0v) is 14.2. The van der Waals surface area contributed by atoms with Gasteiger partial charge in [-0.05, 0) is 36.6 Å². The fourth-order valence-electron chi connectivity index (χ4n) is 2.25. The standard InChI is InChI=1S/C19H22O5/c1-5-13(18(21)24-7-3)12-14-10-8-9-11-15(14)17(16(20)6-2)19(22)23-4/h6,8-12,17H,2,5,7H2,1,3-4H3. The Labute approximate surface area is 142 Å². The van der Waals surface area contributed by atoms with Crippen LogP contribution in [0.4, 0.5) is 0 Å². The van der Waals surface area contributed by atoms with Gasteiger partial charge >= 0.3 is 11.9 Å². The van der Waals surface area contributed by atoms with Gasteiger partial charge in [-0.1, -0.05) is 37.8 Å². The van der Waals surface area contributed by atoms with Gasteiger partial charge in [0.15, 0.2) is 5.78 Å². The number of benzene rings is 1. The molecule has 24 heavy (non-hydrogen) atoms. The van der Waals surface area contributed by atoms with Gasteiger partial charge in [0.1, 0.15) is 5.92 Å². The first kappa shape index (κ1) is 19.4. The van der Waals surface area contributed by atoms with Gasteiger partial charge in [0.25, 0.3) is 0 Å². The molecule has 5 nitrogen and oxygen atoms in total. The number of carbonyl (C=O) groups excluding carboxylic acids is 3. The average Bonchev–Trinajstić information content (AvgIpc) is 2.60. The highest BCUT2D eigenvalue weighted by Gasteiger charge is 2.29. The van der Waals surface area contributed by atoms with E-state index in [-0.39, 0.29) is 6.61 Å². The molecule has 5 heteroatoms. The molecule has 0 saturated heterocycles. The number of hydrogen-bond donors (Lipinski definition) is 0. The topological polar surface area (TPSA) is 69.7 Å². The molecule has 0 aliphatic carbocycles. The molecule has 0 heterocycles. The van der Waals surface area contributed by atoms with Crippen molar-refractivity contribution in [3.63, 3.8) is 0 Å². The van der Waals surface area contributed by atoms with Crippen molar-refractivity contribution in [2.24, 2.45) is 0 Å². The lowest BCUT2D eigenvalue weighted by molar-refractivity contribution is -0.144. The molecule has 1 unspecified atom stereocenters. The summed E-state index contributed by atoms with van der Waals surface area (Å²) in [4.78, 5) is 36.2. The maximum Gasteiger partial charge on any atom is 0.333 e. The molecule has 1 aromatic carbocycles. The van der Waals surface area contributed by atoms with Crippen LogP contribution < -0.4 is 0 Å². The summed E-state index contributed by atoms with van der Waals surface area (Å²) in [5, 5.41) is 0. The number of esters is 2. The minimum atomic E-state index is -1.11. The van der Waals surface area contributed by atoms with Crippen molar-refractivity contribution in [3.05, 3.63) is 53.6 Å². The summed E-state index contributed by atoms with van der Waals surface area (Å²) in [5.74, 6) is -2.66. The van der Waals surface area contributed by atoms with Crippen molar-refractivity contribution in [2.75, 3.05) is 13.7 Å². The fraction of sp³-hybridized carbons (Fsp3) is 0.316. The second kappa shape index (κ2) is 9.45. The molecule has 0 saturated carbocycles. The summed E-state index contributed by atoms with van der Waals surface area (Å²) in [7, 11) is 1.22. The molecule has 0 spiro atoms. The number of hydrogen-bond acceptors (Lipinski definition) is 5. The highest BCUT2D eigenvalue weighted by atomic mass is 16.5. The summed E-state index contributed by atoms with van der Waals surface area (Å²) in [6.45, 7) is 7.27. The third-order valence-electron chi connectivity index (χ3n) is 3.48. The van der Waals surface area contributed by atoms with E-state index in [0.29, 0.717) is 23.1 Å². The maximum atomic E-state index is 12.1. The van der Waals surface area contributed by atoms with E-state index in [4.69, 9.17) is 9.47 Å².